The van der Waals surface area contributed by atoms with Crippen LogP contribution < -0.4 is 15.0 Å². The highest BCUT2D eigenvalue weighted by atomic mass is 32.1. The van der Waals surface area contributed by atoms with E-state index in [9.17, 15) is 9.59 Å². The van der Waals surface area contributed by atoms with Crippen molar-refractivity contribution in [1.29, 1.82) is 0 Å². The monoisotopic (exact) mass is 399 g/mol. The van der Waals surface area contributed by atoms with E-state index in [0.29, 0.717) is 11.7 Å². The molecule has 138 valence electrons. The van der Waals surface area contributed by atoms with Crippen LogP contribution in [-0.2, 0) is 9.59 Å². The highest BCUT2D eigenvalue weighted by molar-refractivity contribution is 7.16. The Bertz CT molecular complexity index is 951. The number of amides is 2. The van der Waals surface area contributed by atoms with E-state index in [2.05, 4.69) is 10.3 Å². The second kappa shape index (κ2) is 7.50. The number of hydrogen-bond donors (Lipinski definition) is 1. The molecule has 0 saturated carbocycles. The number of aromatic nitrogens is 1. The number of rotatable bonds is 5. The SMILES string of the molecule is COc1ccc(N2CC(C(=O)Nc3nc(-c4cccs4)cs3)CC2=O)cc1. The molecule has 1 aliphatic heterocycles. The van der Waals surface area contributed by atoms with E-state index in [1.54, 1.807) is 35.5 Å². The molecule has 1 atom stereocenters. The lowest BCUT2D eigenvalue weighted by atomic mass is 10.1. The first-order valence-corrected chi connectivity index (χ1v) is 10.1. The van der Waals surface area contributed by atoms with Gasteiger partial charge in [0.1, 0.15) is 5.75 Å². The van der Waals surface area contributed by atoms with Gasteiger partial charge in [-0.25, -0.2) is 4.98 Å². The van der Waals surface area contributed by atoms with Crippen LogP contribution in [0.3, 0.4) is 0 Å². The van der Waals surface area contributed by atoms with Crippen LogP contribution in [0.1, 0.15) is 6.42 Å². The van der Waals surface area contributed by atoms with Gasteiger partial charge < -0.3 is 15.0 Å². The predicted molar refractivity (Wildman–Crippen MR) is 108 cm³/mol. The highest BCUT2D eigenvalue weighted by Crippen LogP contribution is 2.30. The molecular weight excluding hydrogens is 382 g/mol. The molecule has 0 spiro atoms. The van der Waals surface area contributed by atoms with Crippen molar-refractivity contribution in [1.82, 2.24) is 4.98 Å². The summed E-state index contributed by atoms with van der Waals surface area (Å²) in [5, 5.41) is 7.32. The van der Waals surface area contributed by atoms with Crippen molar-refractivity contribution in [3.63, 3.8) is 0 Å². The molecule has 3 heterocycles. The first-order chi connectivity index (χ1) is 13.1. The molecular formula is C19H17N3O3S2. The summed E-state index contributed by atoms with van der Waals surface area (Å²) >= 11 is 2.99. The van der Waals surface area contributed by atoms with Crippen LogP contribution in [0.5, 0.6) is 5.75 Å². The number of carbonyl (C=O) groups excluding carboxylic acids is 2. The highest BCUT2D eigenvalue weighted by Gasteiger charge is 2.35. The third kappa shape index (κ3) is 3.72. The summed E-state index contributed by atoms with van der Waals surface area (Å²) in [7, 11) is 1.60. The summed E-state index contributed by atoms with van der Waals surface area (Å²) in [6.07, 6.45) is 0.195. The summed E-state index contributed by atoms with van der Waals surface area (Å²) in [6, 6.07) is 11.2. The molecule has 1 N–H and O–H groups in total. The second-order valence-corrected chi connectivity index (χ2v) is 7.91. The van der Waals surface area contributed by atoms with Crippen molar-refractivity contribution in [3.8, 4) is 16.3 Å². The fourth-order valence-corrected chi connectivity index (χ4v) is 4.45. The van der Waals surface area contributed by atoms with Crippen molar-refractivity contribution in [2.75, 3.05) is 23.9 Å². The zero-order chi connectivity index (χ0) is 18.8. The quantitative estimate of drug-likeness (QED) is 0.707. The fourth-order valence-electron chi connectivity index (χ4n) is 2.97. The van der Waals surface area contributed by atoms with Crippen molar-refractivity contribution in [2.45, 2.75) is 6.42 Å². The Labute approximate surface area is 164 Å². The molecule has 0 radical (unpaired) electrons. The molecule has 1 aliphatic rings. The number of ether oxygens (including phenoxy) is 1. The van der Waals surface area contributed by atoms with Crippen LogP contribution >= 0.6 is 22.7 Å². The molecule has 2 aromatic heterocycles. The van der Waals surface area contributed by atoms with Crippen LogP contribution in [0, 0.1) is 5.92 Å². The summed E-state index contributed by atoms with van der Waals surface area (Å²) in [5.74, 6) is 0.101. The minimum atomic E-state index is -0.395. The number of benzene rings is 1. The number of thiazole rings is 1. The van der Waals surface area contributed by atoms with Crippen molar-refractivity contribution in [2.24, 2.45) is 5.92 Å². The van der Waals surface area contributed by atoms with Crippen LogP contribution in [0.2, 0.25) is 0 Å². The average Bonchev–Trinajstić information content (AvgIpc) is 3.42. The summed E-state index contributed by atoms with van der Waals surface area (Å²) in [6.45, 7) is 0.361. The van der Waals surface area contributed by atoms with Gasteiger partial charge >= 0.3 is 0 Å². The van der Waals surface area contributed by atoms with E-state index in [0.717, 1.165) is 22.0 Å². The minimum absolute atomic E-state index is 0.0567. The number of thiophene rings is 1. The molecule has 1 unspecified atom stereocenters. The normalized spacial score (nSPS) is 16.6. The van der Waals surface area contributed by atoms with E-state index < -0.39 is 5.92 Å². The van der Waals surface area contributed by atoms with Crippen molar-refractivity contribution >= 4 is 45.3 Å². The largest absolute Gasteiger partial charge is 0.497 e. The summed E-state index contributed by atoms with van der Waals surface area (Å²) in [5.41, 5.74) is 1.62. The molecule has 3 aromatic rings. The maximum atomic E-state index is 12.6. The van der Waals surface area contributed by atoms with Gasteiger partial charge in [-0.2, -0.15) is 0 Å². The molecule has 4 rings (SSSR count). The van der Waals surface area contributed by atoms with E-state index in [1.807, 2.05) is 35.0 Å². The van der Waals surface area contributed by atoms with Crippen molar-refractivity contribution < 1.29 is 14.3 Å². The van der Waals surface area contributed by atoms with E-state index in [4.69, 9.17) is 4.74 Å². The zero-order valence-corrected chi connectivity index (χ0v) is 16.2. The third-order valence-corrected chi connectivity index (χ3v) is 6.04. The number of hydrogen-bond acceptors (Lipinski definition) is 6. The lowest BCUT2D eigenvalue weighted by molar-refractivity contribution is -0.122. The maximum absolute atomic E-state index is 12.6. The van der Waals surface area contributed by atoms with Gasteiger partial charge in [-0.15, -0.1) is 22.7 Å². The molecule has 6 nitrogen and oxygen atoms in total. The second-order valence-electron chi connectivity index (χ2n) is 6.11. The van der Waals surface area contributed by atoms with E-state index in [-0.39, 0.29) is 18.2 Å². The van der Waals surface area contributed by atoms with Crippen LogP contribution in [0.25, 0.3) is 10.6 Å². The first-order valence-electron chi connectivity index (χ1n) is 8.39. The Balaban J connectivity index is 1.41. The summed E-state index contributed by atoms with van der Waals surface area (Å²) in [4.78, 5) is 32.1. The Hall–Kier alpha value is -2.71. The lowest BCUT2D eigenvalue weighted by Gasteiger charge is -2.16. The van der Waals surface area contributed by atoms with E-state index >= 15 is 0 Å². The number of nitrogens with zero attached hydrogens (tertiary/aromatic N) is 2. The number of anilines is 2. The maximum Gasteiger partial charge on any atom is 0.231 e. The third-order valence-electron chi connectivity index (χ3n) is 4.39. The number of methoxy groups -OCH3 is 1. The number of carbonyl (C=O) groups is 2. The minimum Gasteiger partial charge on any atom is -0.497 e. The van der Waals surface area contributed by atoms with Gasteiger partial charge in [-0.1, -0.05) is 6.07 Å². The average molecular weight is 399 g/mol. The van der Waals surface area contributed by atoms with Gasteiger partial charge in [0.25, 0.3) is 0 Å². The van der Waals surface area contributed by atoms with Gasteiger partial charge in [0, 0.05) is 24.0 Å². The lowest BCUT2D eigenvalue weighted by Crippen LogP contribution is -2.28. The Kier molecular flexibility index (Phi) is 4.91. The molecule has 1 aromatic carbocycles. The molecule has 8 heteroatoms. The number of nitrogens with one attached hydrogen (secondary N) is 1. The van der Waals surface area contributed by atoms with Crippen LogP contribution in [-0.4, -0.2) is 30.5 Å². The van der Waals surface area contributed by atoms with Crippen LogP contribution in [0.15, 0.2) is 47.2 Å². The van der Waals surface area contributed by atoms with Crippen molar-refractivity contribution in [3.05, 3.63) is 47.2 Å². The van der Waals surface area contributed by atoms with Gasteiger partial charge in [0.05, 0.1) is 23.6 Å². The molecule has 0 aliphatic carbocycles. The summed E-state index contributed by atoms with van der Waals surface area (Å²) < 4.78 is 5.14. The van der Waals surface area contributed by atoms with Gasteiger partial charge in [-0.05, 0) is 35.7 Å². The standard InChI is InChI=1S/C19H17N3O3S2/c1-25-14-6-4-13(5-7-14)22-10-12(9-17(22)23)18(24)21-19-20-15(11-27-19)16-3-2-8-26-16/h2-8,11-12H,9-10H2,1H3,(H,20,21,24). The molecule has 0 bridgehead atoms. The topological polar surface area (TPSA) is 71.5 Å². The Morgan fingerprint density at radius 3 is 2.78 bits per heavy atom. The molecule has 1 fully saturated rings. The predicted octanol–water partition coefficient (Wildman–Crippen LogP) is 3.87. The van der Waals surface area contributed by atoms with Gasteiger partial charge in [-0.3, -0.25) is 9.59 Å². The van der Waals surface area contributed by atoms with E-state index in [1.165, 1.54) is 11.3 Å². The Morgan fingerprint density at radius 1 is 1.26 bits per heavy atom. The van der Waals surface area contributed by atoms with Crippen LogP contribution in [0.4, 0.5) is 10.8 Å². The van der Waals surface area contributed by atoms with Gasteiger partial charge in [0.15, 0.2) is 5.13 Å². The molecule has 27 heavy (non-hydrogen) atoms. The fraction of sp³-hybridized carbons (Fsp3) is 0.211. The molecule has 1 saturated heterocycles. The Morgan fingerprint density at radius 2 is 2.07 bits per heavy atom. The zero-order valence-electron chi connectivity index (χ0n) is 14.5. The van der Waals surface area contributed by atoms with Gasteiger partial charge in [0.2, 0.25) is 11.8 Å². The smallest absolute Gasteiger partial charge is 0.231 e. The first kappa shape index (κ1) is 17.7. The molecule has 2 amide bonds.